The van der Waals surface area contributed by atoms with Crippen LogP contribution < -0.4 is 14.8 Å². The van der Waals surface area contributed by atoms with Gasteiger partial charge in [0.25, 0.3) is 0 Å². The van der Waals surface area contributed by atoms with E-state index in [1.54, 1.807) is 14.2 Å². The van der Waals surface area contributed by atoms with Gasteiger partial charge in [0.05, 0.1) is 19.9 Å². The summed E-state index contributed by atoms with van der Waals surface area (Å²) in [5.74, 6) is 2.78. The maximum absolute atomic E-state index is 6.15. The highest BCUT2D eigenvalue weighted by molar-refractivity contribution is 6.30. The lowest BCUT2D eigenvalue weighted by Gasteiger charge is -2.14. The highest BCUT2D eigenvalue weighted by Crippen LogP contribution is 2.32. The van der Waals surface area contributed by atoms with E-state index >= 15 is 0 Å². The molecule has 0 spiro atoms. The second kappa shape index (κ2) is 6.63. The molecule has 0 aliphatic carbocycles. The topological polar surface area (TPSA) is 56.3 Å². The minimum atomic E-state index is 0.450. The number of methoxy groups -OCH3 is 2. The summed E-state index contributed by atoms with van der Waals surface area (Å²) in [5, 5.41) is 3.69. The smallest absolute Gasteiger partial charge is 0.142 e. The van der Waals surface area contributed by atoms with Crippen molar-refractivity contribution in [2.45, 2.75) is 20.3 Å². The summed E-state index contributed by atoms with van der Waals surface area (Å²) in [4.78, 5) is 8.70. The molecule has 0 saturated heterocycles. The van der Waals surface area contributed by atoms with Crippen molar-refractivity contribution in [3.63, 3.8) is 0 Å². The molecule has 0 saturated carbocycles. The maximum Gasteiger partial charge on any atom is 0.142 e. The summed E-state index contributed by atoms with van der Waals surface area (Å²) in [5.41, 5.74) is 1.55. The molecule has 0 bridgehead atoms. The van der Waals surface area contributed by atoms with Crippen LogP contribution in [0.15, 0.2) is 18.2 Å². The van der Waals surface area contributed by atoms with Crippen LogP contribution in [0.5, 0.6) is 11.5 Å². The number of aromatic nitrogens is 2. The quantitative estimate of drug-likeness (QED) is 0.852. The Balaban J connectivity index is 2.44. The summed E-state index contributed by atoms with van der Waals surface area (Å²) in [6.07, 6.45) is 0.712. The first kappa shape index (κ1) is 15.4. The molecule has 0 atom stereocenters. The first-order valence-electron chi connectivity index (χ1n) is 6.61. The molecule has 1 N–H and O–H groups in total. The van der Waals surface area contributed by atoms with Gasteiger partial charge in [0, 0.05) is 18.1 Å². The normalized spacial score (nSPS) is 10.3. The van der Waals surface area contributed by atoms with Gasteiger partial charge in [0.15, 0.2) is 0 Å². The number of aryl methyl sites for hydroxylation is 1. The first-order valence-corrected chi connectivity index (χ1v) is 6.98. The van der Waals surface area contributed by atoms with Crippen molar-refractivity contribution in [2.24, 2.45) is 0 Å². The monoisotopic (exact) mass is 307 g/mol. The summed E-state index contributed by atoms with van der Waals surface area (Å²) in [7, 11) is 3.23. The zero-order valence-electron chi connectivity index (χ0n) is 12.5. The summed E-state index contributed by atoms with van der Waals surface area (Å²) < 4.78 is 10.6. The second-order valence-electron chi connectivity index (χ2n) is 4.45. The van der Waals surface area contributed by atoms with E-state index in [1.165, 1.54) is 0 Å². The molecule has 112 valence electrons. The summed E-state index contributed by atoms with van der Waals surface area (Å²) in [6.45, 7) is 3.85. The standard InChI is InChI=1S/C15H18ClN3O2/c1-5-13-18-14(16)9(2)15(19-13)17-11-8-10(20-3)6-7-12(11)21-4/h6-8H,5H2,1-4H3,(H,17,18,19). The van der Waals surface area contributed by atoms with Gasteiger partial charge >= 0.3 is 0 Å². The molecule has 21 heavy (non-hydrogen) atoms. The summed E-state index contributed by atoms with van der Waals surface area (Å²) >= 11 is 6.15. The lowest BCUT2D eigenvalue weighted by Crippen LogP contribution is -2.04. The van der Waals surface area contributed by atoms with Crippen molar-refractivity contribution in [3.05, 3.63) is 34.7 Å². The predicted molar refractivity (Wildman–Crippen MR) is 84.0 cm³/mol. The van der Waals surface area contributed by atoms with E-state index in [2.05, 4.69) is 15.3 Å². The fourth-order valence-electron chi connectivity index (χ4n) is 1.85. The maximum atomic E-state index is 6.15. The van der Waals surface area contributed by atoms with Crippen LogP contribution in [0.2, 0.25) is 5.15 Å². The third-order valence-electron chi connectivity index (χ3n) is 3.11. The molecule has 6 heteroatoms. The number of halogens is 1. The molecule has 1 aromatic heterocycles. The number of hydrogen-bond acceptors (Lipinski definition) is 5. The van der Waals surface area contributed by atoms with Gasteiger partial charge in [-0.2, -0.15) is 0 Å². The molecular formula is C15H18ClN3O2. The Morgan fingerprint density at radius 1 is 1.19 bits per heavy atom. The van der Waals surface area contributed by atoms with Gasteiger partial charge in [-0.05, 0) is 19.1 Å². The summed E-state index contributed by atoms with van der Waals surface area (Å²) in [6, 6.07) is 5.52. The third kappa shape index (κ3) is 3.36. The number of anilines is 2. The van der Waals surface area contributed by atoms with Gasteiger partial charge < -0.3 is 14.8 Å². The molecule has 2 aromatic rings. The van der Waals surface area contributed by atoms with Crippen molar-refractivity contribution >= 4 is 23.1 Å². The zero-order chi connectivity index (χ0) is 15.4. The van der Waals surface area contributed by atoms with E-state index in [0.717, 1.165) is 17.0 Å². The van der Waals surface area contributed by atoms with Crippen LogP contribution >= 0.6 is 11.6 Å². The molecule has 0 fully saturated rings. The van der Waals surface area contributed by atoms with Crippen LogP contribution in [0.3, 0.4) is 0 Å². The Kier molecular flexibility index (Phi) is 4.85. The molecule has 1 aromatic carbocycles. The van der Waals surface area contributed by atoms with E-state index in [4.69, 9.17) is 21.1 Å². The average molecular weight is 308 g/mol. The van der Waals surface area contributed by atoms with Crippen molar-refractivity contribution in [1.82, 2.24) is 9.97 Å². The van der Waals surface area contributed by atoms with Crippen LogP contribution in [-0.4, -0.2) is 24.2 Å². The number of ether oxygens (including phenoxy) is 2. The number of nitrogens with zero attached hydrogens (tertiary/aromatic N) is 2. The van der Waals surface area contributed by atoms with Crippen molar-refractivity contribution < 1.29 is 9.47 Å². The number of hydrogen-bond donors (Lipinski definition) is 1. The minimum absolute atomic E-state index is 0.450. The molecule has 1 heterocycles. The molecule has 0 unspecified atom stereocenters. The van der Waals surface area contributed by atoms with Crippen molar-refractivity contribution in [2.75, 3.05) is 19.5 Å². The fourth-order valence-corrected chi connectivity index (χ4v) is 2.04. The Hall–Kier alpha value is -2.01. The van der Waals surface area contributed by atoms with Crippen LogP contribution in [0, 0.1) is 6.92 Å². The average Bonchev–Trinajstić information content (AvgIpc) is 2.51. The van der Waals surface area contributed by atoms with Crippen LogP contribution in [-0.2, 0) is 6.42 Å². The molecule has 0 aliphatic heterocycles. The highest BCUT2D eigenvalue weighted by atomic mass is 35.5. The molecule has 0 radical (unpaired) electrons. The fraction of sp³-hybridized carbons (Fsp3) is 0.333. The van der Waals surface area contributed by atoms with Gasteiger partial charge in [-0.3, -0.25) is 0 Å². The lowest BCUT2D eigenvalue weighted by molar-refractivity contribution is 0.405. The molecule has 0 aliphatic rings. The SMILES string of the molecule is CCc1nc(Cl)c(C)c(Nc2cc(OC)ccc2OC)n1. The van der Waals surface area contributed by atoms with Gasteiger partial charge in [0.1, 0.15) is 28.3 Å². The second-order valence-corrected chi connectivity index (χ2v) is 4.81. The van der Waals surface area contributed by atoms with E-state index in [9.17, 15) is 0 Å². The third-order valence-corrected chi connectivity index (χ3v) is 3.48. The van der Waals surface area contributed by atoms with Gasteiger partial charge in [0.2, 0.25) is 0 Å². The molecule has 5 nitrogen and oxygen atoms in total. The van der Waals surface area contributed by atoms with Crippen LogP contribution in [0.25, 0.3) is 0 Å². The Morgan fingerprint density at radius 2 is 1.95 bits per heavy atom. The Morgan fingerprint density at radius 3 is 2.57 bits per heavy atom. The van der Waals surface area contributed by atoms with Gasteiger partial charge in [-0.1, -0.05) is 18.5 Å². The highest BCUT2D eigenvalue weighted by Gasteiger charge is 2.12. The van der Waals surface area contributed by atoms with Crippen LogP contribution in [0.4, 0.5) is 11.5 Å². The van der Waals surface area contributed by atoms with Gasteiger partial charge in [-0.15, -0.1) is 0 Å². The Labute approximate surface area is 129 Å². The van der Waals surface area contributed by atoms with Crippen molar-refractivity contribution in [3.8, 4) is 11.5 Å². The Bertz CT molecular complexity index is 647. The molecule has 2 rings (SSSR count). The molecular weight excluding hydrogens is 290 g/mol. The predicted octanol–water partition coefficient (Wildman–Crippen LogP) is 3.76. The largest absolute Gasteiger partial charge is 0.497 e. The zero-order valence-corrected chi connectivity index (χ0v) is 13.3. The van der Waals surface area contributed by atoms with E-state index in [-0.39, 0.29) is 0 Å². The molecule has 0 amide bonds. The van der Waals surface area contributed by atoms with E-state index < -0.39 is 0 Å². The van der Waals surface area contributed by atoms with Gasteiger partial charge in [-0.25, -0.2) is 9.97 Å². The van der Waals surface area contributed by atoms with Crippen molar-refractivity contribution in [1.29, 1.82) is 0 Å². The van der Waals surface area contributed by atoms with E-state index in [0.29, 0.717) is 29.0 Å². The minimum Gasteiger partial charge on any atom is -0.497 e. The van der Waals surface area contributed by atoms with E-state index in [1.807, 2.05) is 32.0 Å². The number of rotatable bonds is 5. The number of benzene rings is 1. The first-order chi connectivity index (χ1) is 10.1. The lowest BCUT2D eigenvalue weighted by atomic mass is 10.2. The number of nitrogens with one attached hydrogen (secondary N) is 1. The van der Waals surface area contributed by atoms with Crippen LogP contribution in [0.1, 0.15) is 18.3 Å².